The van der Waals surface area contributed by atoms with Crippen LogP contribution in [0.3, 0.4) is 0 Å². The maximum absolute atomic E-state index is 12.6. The lowest BCUT2D eigenvalue weighted by atomic mass is 10.2. The molecule has 2 amide bonds. The Kier molecular flexibility index (Phi) is 6.63. The molecule has 0 atom stereocenters. The molecule has 0 bridgehead atoms. The van der Waals surface area contributed by atoms with Crippen LogP contribution in [0.2, 0.25) is 0 Å². The Labute approximate surface area is 164 Å². The van der Waals surface area contributed by atoms with Gasteiger partial charge in [-0.25, -0.2) is 8.42 Å². The summed E-state index contributed by atoms with van der Waals surface area (Å²) in [6, 6.07) is 10.7. The first-order valence-corrected chi connectivity index (χ1v) is 9.91. The molecular formula is C19H23N3O5S. The minimum absolute atomic E-state index is 0.0715. The van der Waals surface area contributed by atoms with E-state index in [9.17, 15) is 18.0 Å². The Balaban J connectivity index is 2.11. The number of likely N-dealkylation sites (N-methyl/N-ethyl adjacent to an activating group) is 1. The summed E-state index contributed by atoms with van der Waals surface area (Å²) in [6.07, 6.45) is 0. The largest absolute Gasteiger partial charge is 0.483 e. The summed E-state index contributed by atoms with van der Waals surface area (Å²) >= 11 is 0. The number of sulfonamides is 1. The van der Waals surface area contributed by atoms with E-state index in [2.05, 4.69) is 10.0 Å². The van der Waals surface area contributed by atoms with Crippen LogP contribution >= 0.6 is 0 Å². The Bertz CT molecular complexity index is 970. The molecule has 0 spiro atoms. The van der Waals surface area contributed by atoms with E-state index in [1.165, 1.54) is 30.0 Å². The average Bonchev–Trinajstić information content (AvgIpc) is 2.61. The fourth-order valence-corrected chi connectivity index (χ4v) is 3.40. The number of rotatable bonds is 7. The van der Waals surface area contributed by atoms with Crippen molar-refractivity contribution in [3.8, 4) is 5.75 Å². The van der Waals surface area contributed by atoms with Crippen LogP contribution in [-0.2, 0) is 19.6 Å². The SMILES string of the molecule is CC(=O)Nc1ccc(NS(=O)(=O)c2ccc(OCC(=O)N(C)C)c(C)c2)cc1. The first kappa shape index (κ1) is 21.2. The summed E-state index contributed by atoms with van der Waals surface area (Å²) in [4.78, 5) is 24.1. The van der Waals surface area contributed by atoms with Gasteiger partial charge in [0.15, 0.2) is 6.61 Å². The van der Waals surface area contributed by atoms with Crippen molar-refractivity contribution in [2.45, 2.75) is 18.7 Å². The van der Waals surface area contributed by atoms with Gasteiger partial charge in [0.05, 0.1) is 4.90 Å². The predicted octanol–water partition coefficient (Wildman–Crippen LogP) is 2.22. The van der Waals surface area contributed by atoms with Crippen LogP contribution in [0.15, 0.2) is 47.4 Å². The third-order valence-corrected chi connectivity index (χ3v) is 5.14. The summed E-state index contributed by atoms with van der Waals surface area (Å²) < 4.78 is 33.1. The van der Waals surface area contributed by atoms with E-state index in [4.69, 9.17) is 4.74 Å². The van der Waals surface area contributed by atoms with Gasteiger partial charge in [0.2, 0.25) is 5.91 Å². The van der Waals surface area contributed by atoms with E-state index in [1.807, 2.05) is 0 Å². The maximum Gasteiger partial charge on any atom is 0.261 e. The number of aryl methyl sites for hydroxylation is 1. The third kappa shape index (κ3) is 5.71. The molecule has 2 rings (SSSR count). The van der Waals surface area contributed by atoms with Gasteiger partial charge in [-0.1, -0.05) is 0 Å². The van der Waals surface area contributed by atoms with Crippen molar-refractivity contribution in [3.05, 3.63) is 48.0 Å². The number of hydrogen-bond acceptors (Lipinski definition) is 5. The van der Waals surface area contributed by atoms with Crippen molar-refractivity contribution in [1.29, 1.82) is 0 Å². The van der Waals surface area contributed by atoms with Crippen LogP contribution in [0.5, 0.6) is 5.75 Å². The molecule has 9 heteroatoms. The highest BCUT2D eigenvalue weighted by atomic mass is 32.2. The van der Waals surface area contributed by atoms with Gasteiger partial charge in [-0.2, -0.15) is 0 Å². The Morgan fingerprint density at radius 3 is 2.18 bits per heavy atom. The molecule has 0 aliphatic heterocycles. The fraction of sp³-hybridized carbons (Fsp3) is 0.263. The molecule has 0 aliphatic rings. The first-order chi connectivity index (χ1) is 13.1. The Morgan fingerprint density at radius 1 is 1.04 bits per heavy atom. The quantitative estimate of drug-likeness (QED) is 0.735. The number of carbonyl (C=O) groups is 2. The van der Waals surface area contributed by atoms with E-state index >= 15 is 0 Å². The van der Waals surface area contributed by atoms with Gasteiger partial charge in [-0.05, 0) is 55.0 Å². The van der Waals surface area contributed by atoms with Gasteiger partial charge in [-0.3, -0.25) is 14.3 Å². The minimum atomic E-state index is -3.80. The molecule has 0 aliphatic carbocycles. The number of nitrogens with zero attached hydrogens (tertiary/aromatic N) is 1. The highest BCUT2D eigenvalue weighted by Crippen LogP contribution is 2.24. The second kappa shape index (κ2) is 8.75. The van der Waals surface area contributed by atoms with Crippen molar-refractivity contribution in [2.75, 3.05) is 30.7 Å². The lowest BCUT2D eigenvalue weighted by Crippen LogP contribution is -2.27. The number of ether oxygens (including phenoxy) is 1. The van der Waals surface area contributed by atoms with Gasteiger partial charge < -0.3 is 15.0 Å². The van der Waals surface area contributed by atoms with Crippen LogP contribution in [0.1, 0.15) is 12.5 Å². The van der Waals surface area contributed by atoms with E-state index in [0.717, 1.165) is 0 Å². The monoisotopic (exact) mass is 405 g/mol. The molecule has 0 radical (unpaired) electrons. The smallest absolute Gasteiger partial charge is 0.261 e. The molecule has 0 saturated heterocycles. The predicted molar refractivity (Wildman–Crippen MR) is 107 cm³/mol. The lowest BCUT2D eigenvalue weighted by molar-refractivity contribution is -0.130. The molecule has 2 aromatic carbocycles. The molecule has 2 N–H and O–H groups in total. The zero-order chi connectivity index (χ0) is 20.9. The standard InChI is InChI=1S/C19H23N3O5S/c1-13-11-17(9-10-18(13)27-12-19(24)22(3)4)28(25,26)21-16-7-5-15(6-8-16)20-14(2)23/h5-11,21H,12H2,1-4H3,(H,20,23). The van der Waals surface area contributed by atoms with Crippen LogP contribution in [0.4, 0.5) is 11.4 Å². The first-order valence-electron chi connectivity index (χ1n) is 8.42. The zero-order valence-electron chi connectivity index (χ0n) is 16.1. The van der Waals surface area contributed by atoms with Gasteiger partial charge >= 0.3 is 0 Å². The number of anilines is 2. The van der Waals surface area contributed by atoms with E-state index in [-0.39, 0.29) is 23.3 Å². The normalized spacial score (nSPS) is 10.9. The topological polar surface area (TPSA) is 105 Å². The molecule has 0 heterocycles. The van der Waals surface area contributed by atoms with Crippen molar-refractivity contribution in [1.82, 2.24) is 4.90 Å². The summed E-state index contributed by atoms with van der Waals surface area (Å²) in [5, 5.41) is 2.61. The van der Waals surface area contributed by atoms with E-state index in [1.54, 1.807) is 45.3 Å². The van der Waals surface area contributed by atoms with E-state index in [0.29, 0.717) is 22.7 Å². The fourth-order valence-electron chi connectivity index (χ4n) is 2.26. The van der Waals surface area contributed by atoms with Gasteiger partial charge in [0.1, 0.15) is 5.75 Å². The van der Waals surface area contributed by atoms with E-state index < -0.39 is 10.0 Å². The Morgan fingerprint density at radius 2 is 1.64 bits per heavy atom. The van der Waals surface area contributed by atoms with Crippen molar-refractivity contribution in [2.24, 2.45) is 0 Å². The molecule has 150 valence electrons. The molecule has 8 nitrogen and oxygen atoms in total. The lowest BCUT2D eigenvalue weighted by Gasteiger charge is -2.14. The molecule has 0 aromatic heterocycles. The molecule has 0 saturated carbocycles. The number of hydrogen-bond donors (Lipinski definition) is 2. The van der Waals surface area contributed by atoms with Crippen LogP contribution < -0.4 is 14.8 Å². The number of amides is 2. The highest BCUT2D eigenvalue weighted by Gasteiger charge is 2.16. The molecular weight excluding hydrogens is 382 g/mol. The van der Waals surface area contributed by atoms with Crippen LogP contribution in [0, 0.1) is 6.92 Å². The third-order valence-electron chi connectivity index (χ3n) is 3.76. The molecule has 0 unspecified atom stereocenters. The van der Waals surface area contributed by atoms with Crippen molar-refractivity contribution < 1.29 is 22.7 Å². The maximum atomic E-state index is 12.6. The summed E-state index contributed by atoms with van der Waals surface area (Å²) in [6.45, 7) is 2.97. The zero-order valence-corrected chi connectivity index (χ0v) is 17.0. The number of nitrogens with one attached hydrogen (secondary N) is 2. The van der Waals surface area contributed by atoms with Crippen molar-refractivity contribution >= 4 is 33.2 Å². The van der Waals surface area contributed by atoms with Crippen molar-refractivity contribution in [3.63, 3.8) is 0 Å². The number of carbonyl (C=O) groups excluding carboxylic acids is 2. The highest BCUT2D eigenvalue weighted by molar-refractivity contribution is 7.92. The molecule has 28 heavy (non-hydrogen) atoms. The summed E-state index contributed by atoms with van der Waals surface area (Å²) in [5.74, 6) is 0.0349. The second-order valence-corrected chi connectivity index (χ2v) is 8.05. The number of benzene rings is 2. The average molecular weight is 405 g/mol. The van der Waals surface area contributed by atoms with Gasteiger partial charge in [-0.15, -0.1) is 0 Å². The van der Waals surface area contributed by atoms with Crippen LogP contribution in [0.25, 0.3) is 0 Å². The Hall–Kier alpha value is -3.07. The summed E-state index contributed by atoms with van der Waals surface area (Å²) in [5.41, 5.74) is 1.53. The minimum Gasteiger partial charge on any atom is -0.483 e. The van der Waals surface area contributed by atoms with Gasteiger partial charge in [0.25, 0.3) is 15.9 Å². The van der Waals surface area contributed by atoms with Crippen LogP contribution in [-0.4, -0.2) is 45.8 Å². The molecule has 0 fully saturated rings. The van der Waals surface area contributed by atoms with Gasteiger partial charge in [0, 0.05) is 32.4 Å². The second-order valence-electron chi connectivity index (χ2n) is 6.37. The summed E-state index contributed by atoms with van der Waals surface area (Å²) in [7, 11) is -0.546. The molecule has 2 aromatic rings.